The summed E-state index contributed by atoms with van der Waals surface area (Å²) in [5.41, 5.74) is 5.55. The molecule has 4 N–H and O–H groups in total. The molecule has 0 aliphatic heterocycles. The zero-order chi connectivity index (χ0) is 11.3. The van der Waals surface area contributed by atoms with E-state index in [4.69, 9.17) is 10.9 Å². The molecule has 15 heavy (non-hydrogen) atoms. The van der Waals surface area contributed by atoms with Crippen LogP contribution in [0.2, 0.25) is 0 Å². The number of amidine groups is 1. The van der Waals surface area contributed by atoms with E-state index in [1.165, 1.54) is 0 Å². The molecule has 0 spiro atoms. The average Bonchev–Trinajstić information content (AvgIpc) is 2.77. The Balaban J connectivity index is 2.60. The molecule has 0 saturated carbocycles. The first-order valence-corrected chi connectivity index (χ1v) is 5.69. The second-order valence-electron chi connectivity index (χ2n) is 3.24. The highest BCUT2D eigenvalue weighted by atomic mass is 32.1. The molecule has 1 aromatic heterocycles. The Labute approximate surface area is 93.0 Å². The van der Waals surface area contributed by atoms with Crippen molar-refractivity contribution in [1.29, 1.82) is 0 Å². The molecule has 6 heteroatoms. The Morgan fingerprint density at radius 3 is 3.00 bits per heavy atom. The minimum atomic E-state index is -0.117. The van der Waals surface area contributed by atoms with Crippen LogP contribution < -0.4 is 11.1 Å². The van der Waals surface area contributed by atoms with Crippen LogP contribution in [0.5, 0.6) is 0 Å². The van der Waals surface area contributed by atoms with Crippen molar-refractivity contribution >= 4 is 17.2 Å². The van der Waals surface area contributed by atoms with E-state index < -0.39 is 0 Å². The van der Waals surface area contributed by atoms with Gasteiger partial charge in [0.1, 0.15) is 5.01 Å². The molecule has 0 aliphatic carbocycles. The third-order valence-electron chi connectivity index (χ3n) is 2.15. The number of hydrogen-bond acceptors (Lipinski definition) is 5. The van der Waals surface area contributed by atoms with Crippen molar-refractivity contribution in [3.63, 3.8) is 0 Å². The van der Waals surface area contributed by atoms with Gasteiger partial charge in [-0.2, -0.15) is 0 Å². The van der Waals surface area contributed by atoms with E-state index in [0.29, 0.717) is 0 Å². The lowest BCUT2D eigenvalue weighted by Crippen LogP contribution is -2.42. The standard InChI is InChI=1S/C9H16N4OS/c1-3-7(8(10)13-14)12-6(2)9-11-4-5-15-9/h4-7,12,14H,3H2,1-2H3,(H2,10,13). The fourth-order valence-corrected chi connectivity index (χ4v) is 1.96. The van der Waals surface area contributed by atoms with Crippen molar-refractivity contribution in [2.45, 2.75) is 32.4 Å². The van der Waals surface area contributed by atoms with Crippen molar-refractivity contribution in [1.82, 2.24) is 10.3 Å². The molecule has 0 amide bonds. The van der Waals surface area contributed by atoms with Crippen LogP contribution in [0, 0.1) is 0 Å². The van der Waals surface area contributed by atoms with E-state index in [1.807, 2.05) is 19.2 Å². The molecule has 1 heterocycles. The summed E-state index contributed by atoms with van der Waals surface area (Å²) in [7, 11) is 0. The Morgan fingerprint density at radius 2 is 2.53 bits per heavy atom. The second-order valence-corrected chi connectivity index (χ2v) is 4.17. The van der Waals surface area contributed by atoms with Crippen molar-refractivity contribution in [2.75, 3.05) is 0 Å². The molecule has 0 radical (unpaired) electrons. The van der Waals surface area contributed by atoms with Gasteiger partial charge < -0.3 is 10.9 Å². The Hall–Kier alpha value is -1.14. The van der Waals surface area contributed by atoms with E-state index in [0.717, 1.165) is 11.4 Å². The van der Waals surface area contributed by atoms with Crippen LogP contribution in [-0.2, 0) is 0 Å². The SMILES string of the molecule is CCC(NC(C)c1nccs1)C(N)=NO. The molecule has 1 aromatic rings. The summed E-state index contributed by atoms with van der Waals surface area (Å²) >= 11 is 1.59. The van der Waals surface area contributed by atoms with Gasteiger partial charge in [-0.3, -0.25) is 5.32 Å². The molecule has 0 aliphatic rings. The molecule has 2 unspecified atom stereocenters. The fraction of sp³-hybridized carbons (Fsp3) is 0.556. The highest BCUT2D eigenvalue weighted by Gasteiger charge is 2.16. The highest BCUT2D eigenvalue weighted by Crippen LogP contribution is 2.15. The highest BCUT2D eigenvalue weighted by molar-refractivity contribution is 7.09. The van der Waals surface area contributed by atoms with E-state index >= 15 is 0 Å². The molecule has 84 valence electrons. The Kier molecular flexibility index (Phi) is 4.51. The van der Waals surface area contributed by atoms with Gasteiger partial charge >= 0.3 is 0 Å². The number of nitrogens with zero attached hydrogens (tertiary/aromatic N) is 2. The average molecular weight is 228 g/mol. The first-order valence-electron chi connectivity index (χ1n) is 4.81. The van der Waals surface area contributed by atoms with E-state index in [-0.39, 0.29) is 17.9 Å². The van der Waals surface area contributed by atoms with Crippen molar-refractivity contribution in [2.24, 2.45) is 10.9 Å². The quantitative estimate of drug-likeness (QED) is 0.307. The topological polar surface area (TPSA) is 83.5 Å². The van der Waals surface area contributed by atoms with Crippen LogP contribution >= 0.6 is 11.3 Å². The third kappa shape index (κ3) is 3.17. The maximum absolute atomic E-state index is 8.59. The number of nitrogens with two attached hydrogens (primary N) is 1. The summed E-state index contributed by atoms with van der Waals surface area (Å²) < 4.78 is 0. The van der Waals surface area contributed by atoms with Gasteiger partial charge in [0.15, 0.2) is 5.84 Å². The molecule has 0 fully saturated rings. The largest absolute Gasteiger partial charge is 0.409 e. The predicted octanol–water partition coefficient (Wildman–Crippen LogP) is 1.32. The summed E-state index contributed by atoms with van der Waals surface area (Å²) in [6, 6.07) is -0.0100. The molecular weight excluding hydrogens is 212 g/mol. The lowest BCUT2D eigenvalue weighted by atomic mass is 10.2. The van der Waals surface area contributed by atoms with Crippen molar-refractivity contribution in [3.05, 3.63) is 16.6 Å². The van der Waals surface area contributed by atoms with Gasteiger partial charge in [-0.05, 0) is 13.3 Å². The van der Waals surface area contributed by atoms with Gasteiger partial charge in [0.05, 0.1) is 12.1 Å². The summed E-state index contributed by atoms with van der Waals surface area (Å²) in [5, 5.41) is 17.8. The summed E-state index contributed by atoms with van der Waals surface area (Å²) in [6.45, 7) is 3.98. The number of hydrogen-bond donors (Lipinski definition) is 3. The minimum Gasteiger partial charge on any atom is -0.409 e. The molecule has 0 saturated heterocycles. The summed E-state index contributed by atoms with van der Waals surface area (Å²) in [5.74, 6) is 0.209. The van der Waals surface area contributed by atoms with E-state index in [2.05, 4.69) is 15.5 Å². The van der Waals surface area contributed by atoms with Crippen LogP contribution in [-0.4, -0.2) is 22.1 Å². The van der Waals surface area contributed by atoms with Crippen LogP contribution in [0.15, 0.2) is 16.7 Å². The van der Waals surface area contributed by atoms with E-state index in [9.17, 15) is 0 Å². The second kappa shape index (κ2) is 5.67. The maximum Gasteiger partial charge on any atom is 0.156 e. The molecule has 0 bridgehead atoms. The van der Waals surface area contributed by atoms with Crippen molar-refractivity contribution in [3.8, 4) is 0 Å². The molecule has 2 atom stereocenters. The van der Waals surface area contributed by atoms with Crippen molar-refractivity contribution < 1.29 is 5.21 Å². The van der Waals surface area contributed by atoms with Gasteiger partial charge in [-0.25, -0.2) is 4.98 Å². The molecule has 1 rings (SSSR count). The number of oxime groups is 1. The zero-order valence-electron chi connectivity index (χ0n) is 8.84. The van der Waals surface area contributed by atoms with E-state index in [1.54, 1.807) is 17.5 Å². The molecule has 5 nitrogen and oxygen atoms in total. The van der Waals surface area contributed by atoms with Crippen LogP contribution in [0.1, 0.15) is 31.3 Å². The molecular formula is C9H16N4OS. The van der Waals surface area contributed by atoms with Crippen LogP contribution in [0.3, 0.4) is 0 Å². The predicted molar refractivity (Wildman–Crippen MR) is 61.2 cm³/mol. The van der Waals surface area contributed by atoms with Gasteiger partial charge in [0.2, 0.25) is 0 Å². The molecule has 0 aromatic carbocycles. The lowest BCUT2D eigenvalue weighted by molar-refractivity contribution is 0.313. The number of rotatable bonds is 5. The van der Waals surface area contributed by atoms with Gasteiger partial charge in [-0.1, -0.05) is 12.1 Å². The number of nitrogens with one attached hydrogen (secondary N) is 1. The van der Waals surface area contributed by atoms with Gasteiger partial charge in [0, 0.05) is 11.6 Å². The Morgan fingerprint density at radius 1 is 1.80 bits per heavy atom. The summed E-state index contributed by atoms with van der Waals surface area (Å²) in [4.78, 5) is 4.20. The number of thiazole rings is 1. The normalized spacial score (nSPS) is 16.3. The van der Waals surface area contributed by atoms with Gasteiger partial charge in [-0.15, -0.1) is 11.3 Å². The minimum absolute atomic E-state index is 0.107. The number of aromatic nitrogens is 1. The third-order valence-corrected chi connectivity index (χ3v) is 3.11. The zero-order valence-corrected chi connectivity index (χ0v) is 9.66. The monoisotopic (exact) mass is 228 g/mol. The maximum atomic E-state index is 8.59. The first kappa shape index (κ1) is 11.9. The van der Waals surface area contributed by atoms with Gasteiger partial charge in [0.25, 0.3) is 0 Å². The summed E-state index contributed by atoms with van der Waals surface area (Å²) in [6.07, 6.45) is 2.54. The fourth-order valence-electron chi connectivity index (χ4n) is 1.30. The Bertz CT molecular complexity index is 312. The van der Waals surface area contributed by atoms with Crippen LogP contribution in [0.25, 0.3) is 0 Å². The lowest BCUT2D eigenvalue weighted by Gasteiger charge is -2.19. The van der Waals surface area contributed by atoms with Crippen LogP contribution in [0.4, 0.5) is 0 Å². The smallest absolute Gasteiger partial charge is 0.156 e. The first-order chi connectivity index (χ1) is 7.19.